The Morgan fingerprint density at radius 3 is 2.26 bits per heavy atom. The van der Waals surface area contributed by atoms with Gasteiger partial charge in [-0.25, -0.2) is 0 Å². The summed E-state index contributed by atoms with van der Waals surface area (Å²) >= 11 is 0. The molecule has 0 saturated heterocycles. The third-order valence-electron chi connectivity index (χ3n) is 3.45. The second-order valence-electron chi connectivity index (χ2n) is 5.33. The third kappa shape index (κ3) is 4.51. The first-order chi connectivity index (χ1) is 9.05. The van der Waals surface area contributed by atoms with Gasteiger partial charge in [0, 0.05) is 6.42 Å². The molecule has 0 amide bonds. The molecule has 0 bridgehead atoms. The van der Waals surface area contributed by atoms with Gasteiger partial charge in [0.05, 0.1) is 12.8 Å². The highest BCUT2D eigenvalue weighted by molar-refractivity contribution is 5.34. The van der Waals surface area contributed by atoms with Gasteiger partial charge < -0.3 is 10.5 Å². The second-order valence-corrected chi connectivity index (χ2v) is 5.33. The molecule has 2 N–H and O–H groups in total. The fraction of sp³-hybridized carbons (Fsp3) is 0.625. The summed E-state index contributed by atoms with van der Waals surface area (Å²) in [5.74, 6) is 0.923. The van der Waals surface area contributed by atoms with Crippen LogP contribution >= 0.6 is 0 Å². The lowest BCUT2D eigenvalue weighted by molar-refractivity contribution is 0.108. The SMILES string of the molecule is CCCN(CCC)C(C)(N)Cc1ccccc1OC. The van der Waals surface area contributed by atoms with Crippen molar-refractivity contribution in [3.05, 3.63) is 29.8 Å². The van der Waals surface area contributed by atoms with E-state index in [0.29, 0.717) is 0 Å². The summed E-state index contributed by atoms with van der Waals surface area (Å²) in [6, 6.07) is 8.12. The quantitative estimate of drug-likeness (QED) is 0.733. The second kappa shape index (κ2) is 7.51. The van der Waals surface area contributed by atoms with Crippen molar-refractivity contribution in [2.75, 3.05) is 20.2 Å². The summed E-state index contributed by atoms with van der Waals surface area (Å²) in [5.41, 5.74) is 7.40. The van der Waals surface area contributed by atoms with Gasteiger partial charge in [0.15, 0.2) is 0 Å². The Balaban J connectivity index is 2.86. The number of para-hydroxylation sites is 1. The molecule has 1 unspecified atom stereocenters. The number of rotatable bonds is 8. The summed E-state index contributed by atoms with van der Waals surface area (Å²) < 4.78 is 5.42. The summed E-state index contributed by atoms with van der Waals surface area (Å²) in [5, 5.41) is 0. The first-order valence-corrected chi connectivity index (χ1v) is 7.21. The van der Waals surface area contributed by atoms with Crippen LogP contribution in [0.4, 0.5) is 0 Å². The number of nitrogens with two attached hydrogens (primary N) is 1. The average molecular weight is 264 g/mol. The van der Waals surface area contributed by atoms with Gasteiger partial charge in [0.25, 0.3) is 0 Å². The third-order valence-corrected chi connectivity index (χ3v) is 3.45. The van der Waals surface area contributed by atoms with E-state index in [0.717, 1.165) is 38.1 Å². The predicted octanol–water partition coefficient (Wildman–Crippen LogP) is 3.03. The average Bonchev–Trinajstić information content (AvgIpc) is 2.38. The highest BCUT2D eigenvalue weighted by Crippen LogP contribution is 2.24. The number of methoxy groups -OCH3 is 1. The molecule has 108 valence electrons. The van der Waals surface area contributed by atoms with Crippen LogP contribution in [0.15, 0.2) is 24.3 Å². The Bertz CT molecular complexity index is 371. The molecule has 0 radical (unpaired) electrons. The maximum atomic E-state index is 6.56. The molecule has 1 rings (SSSR count). The van der Waals surface area contributed by atoms with Gasteiger partial charge in [-0.15, -0.1) is 0 Å². The molecule has 19 heavy (non-hydrogen) atoms. The molecule has 0 aliphatic heterocycles. The van der Waals surface area contributed by atoms with Crippen molar-refractivity contribution in [3.8, 4) is 5.75 Å². The fourth-order valence-electron chi connectivity index (χ4n) is 2.51. The van der Waals surface area contributed by atoms with E-state index in [-0.39, 0.29) is 5.66 Å². The van der Waals surface area contributed by atoms with E-state index < -0.39 is 0 Å². The van der Waals surface area contributed by atoms with Crippen molar-refractivity contribution >= 4 is 0 Å². The number of hydrogen-bond donors (Lipinski definition) is 1. The molecule has 1 atom stereocenters. The van der Waals surface area contributed by atoms with Gasteiger partial charge in [0.1, 0.15) is 5.75 Å². The molecule has 0 aliphatic carbocycles. The van der Waals surface area contributed by atoms with Crippen molar-refractivity contribution < 1.29 is 4.74 Å². The molecule has 0 heterocycles. The highest BCUT2D eigenvalue weighted by Gasteiger charge is 2.27. The van der Waals surface area contributed by atoms with Gasteiger partial charge in [-0.1, -0.05) is 32.0 Å². The van der Waals surface area contributed by atoms with Gasteiger partial charge in [0.2, 0.25) is 0 Å². The molecule has 0 saturated carbocycles. The fourth-order valence-corrected chi connectivity index (χ4v) is 2.51. The molecular weight excluding hydrogens is 236 g/mol. The lowest BCUT2D eigenvalue weighted by Gasteiger charge is -2.38. The zero-order valence-corrected chi connectivity index (χ0v) is 12.8. The van der Waals surface area contributed by atoms with E-state index in [2.05, 4.69) is 31.7 Å². The van der Waals surface area contributed by atoms with E-state index in [1.165, 1.54) is 5.56 Å². The zero-order valence-electron chi connectivity index (χ0n) is 12.8. The van der Waals surface area contributed by atoms with Crippen LogP contribution in [0.2, 0.25) is 0 Å². The maximum Gasteiger partial charge on any atom is 0.122 e. The zero-order chi connectivity index (χ0) is 14.3. The molecule has 0 aromatic heterocycles. The monoisotopic (exact) mass is 264 g/mol. The first-order valence-electron chi connectivity index (χ1n) is 7.21. The molecule has 1 aromatic rings. The Kier molecular flexibility index (Phi) is 6.32. The van der Waals surface area contributed by atoms with Crippen molar-refractivity contribution in [1.82, 2.24) is 4.90 Å². The lowest BCUT2D eigenvalue weighted by atomic mass is 9.99. The maximum absolute atomic E-state index is 6.56. The minimum absolute atomic E-state index is 0.333. The number of nitrogens with zero attached hydrogens (tertiary/aromatic N) is 1. The molecule has 1 aromatic carbocycles. The summed E-state index contributed by atoms with van der Waals surface area (Å²) in [7, 11) is 1.71. The molecule has 0 fully saturated rings. The minimum Gasteiger partial charge on any atom is -0.496 e. The highest BCUT2D eigenvalue weighted by atomic mass is 16.5. The standard InChI is InChI=1S/C16H28N2O/c1-5-11-18(12-6-2)16(3,17)13-14-9-7-8-10-15(14)19-4/h7-10H,5-6,11-13,17H2,1-4H3. The van der Waals surface area contributed by atoms with Crippen molar-refractivity contribution in [1.29, 1.82) is 0 Å². The number of ether oxygens (including phenoxy) is 1. The topological polar surface area (TPSA) is 38.5 Å². The molecule has 3 heteroatoms. The van der Waals surface area contributed by atoms with Crippen LogP contribution in [-0.2, 0) is 6.42 Å². The molecular formula is C16H28N2O. The van der Waals surface area contributed by atoms with Crippen LogP contribution in [0.3, 0.4) is 0 Å². The van der Waals surface area contributed by atoms with Crippen LogP contribution in [-0.4, -0.2) is 30.8 Å². The number of hydrogen-bond acceptors (Lipinski definition) is 3. The predicted molar refractivity (Wildman–Crippen MR) is 81.4 cm³/mol. The van der Waals surface area contributed by atoms with E-state index >= 15 is 0 Å². The Morgan fingerprint density at radius 2 is 1.74 bits per heavy atom. The summed E-state index contributed by atoms with van der Waals surface area (Å²) in [6.45, 7) is 8.58. The van der Waals surface area contributed by atoms with Crippen molar-refractivity contribution in [2.45, 2.75) is 45.7 Å². The molecule has 3 nitrogen and oxygen atoms in total. The molecule has 0 aliphatic rings. The van der Waals surface area contributed by atoms with E-state index in [4.69, 9.17) is 10.5 Å². The normalized spacial score (nSPS) is 14.4. The van der Waals surface area contributed by atoms with E-state index in [1.807, 2.05) is 18.2 Å². The van der Waals surface area contributed by atoms with Crippen LogP contribution in [0.1, 0.15) is 39.2 Å². The van der Waals surface area contributed by atoms with Gasteiger partial charge in [-0.2, -0.15) is 0 Å². The number of benzene rings is 1. The Hall–Kier alpha value is -1.06. The summed E-state index contributed by atoms with van der Waals surface area (Å²) in [4.78, 5) is 2.37. The minimum atomic E-state index is -0.333. The Labute approximate surface area is 117 Å². The van der Waals surface area contributed by atoms with Crippen molar-refractivity contribution in [2.24, 2.45) is 5.73 Å². The van der Waals surface area contributed by atoms with Gasteiger partial charge in [-0.3, -0.25) is 4.90 Å². The van der Waals surface area contributed by atoms with E-state index in [9.17, 15) is 0 Å². The van der Waals surface area contributed by atoms with Crippen LogP contribution in [0.5, 0.6) is 5.75 Å². The van der Waals surface area contributed by atoms with Crippen LogP contribution < -0.4 is 10.5 Å². The van der Waals surface area contributed by atoms with Crippen LogP contribution in [0.25, 0.3) is 0 Å². The summed E-state index contributed by atoms with van der Waals surface area (Å²) in [6.07, 6.45) is 3.05. The first kappa shape index (κ1) is 16.0. The van der Waals surface area contributed by atoms with Gasteiger partial charge in [-0.05, 0) is 44.5 Å². The largest absolute Gasteiger partial charge is 0.496 e. The van der Waals surface area contributed by atoms with Crippen molar-refractivity contribution in [3.63, 3.8) is 0 Å². The van der Waals surface area contributed by atoms with Crippen LogP contribution in [0, 0.1) is 0 Å². The van der Waals surface area contributed by atoms with E-state index in [1.54, 1.807) is 7.11 Å². The van der Waals surface area contributed by atoms with Gasteiger partial charge >= 0.3 is 0 Å². The lowest BCUT2D eigenvalue weighted by Crippen LogP contribution is -2.55. The smallest absolute Gasteiger partial charge is 0.122 e. The molecule has 0 spiro atoms. The Morgan fingerprint density at radius 1 is 1.16 bits per heavy atom.